The molecular formula is C14H15N3O3. The number of aryl methyl sites for hydroxylation is 1. The second-order valence-electron chi connectivity index (χ2n) is 4.42. The van der Waals surface area contributed by atoms with Crippen molar-refractivity contribution in [1.29, 1.82) is 0 Å². The minimum absolute atomic E-state index is 0.0975. The Kier molecular flexibility index (Phi) is 4.14. The van der Waals surface area contributed by atoms with Gasteiger partial charge in [-0.3, -0.25) is 9.48 Å². The van der Waals surface area contributed by atoms with E-state index in [0.29, 0.717) is 18.7 Å². The van der Waals surface area contributed by atoms with Crippen LogP contribution in [0.15, 0.2) is 36.7 Å². The summed E-state index contributed by atoms with van der Waals surface area (Å²) < 4.78 is 1.74. The first-order valence-electron chi connectivity index (χ1n) is 6.17. The van der Waals surface area contributed by atoms with Crippen LogP contribution in [-0.4, -0.2) is 33.3 Å². The van der Waals surface area contributed by atoms with E-state index in [0.717, 1.165) is 5.56 Å². The van der Waals surface area contributed by atoms with Crippen molar-refractivity contribution in [3.63, 3.8) is 0 Å². The molecule has 0 unspecified atom stereocenters. The number of hydrogen-bond donors (Lipinski definition) is 2. The molecule has 1 aromatic carbocycles. The van der Waals surface area contributed by atoms with Crippen LogP contribution in [0, 0.1) is 6.92 Å². The Morgan fingerprint density at radius 3 is 2.75 bits per heavy atom. The lowest BCUT2D eigenvalue weighted by Gasteiger charge is -2.06. The van der Waals surface area contributed by atoms with Crippen LogP contribution < -0.4 is 5.32 Å². The molecule has 1 amide bonds. The van der Waals surface area contributed by atoms with E-state index in [1.807, 2.05) is 13.1 Å². The second kappa shape index (κ2) is 6.01. The molecule has 2 aromatic rings. The van der Waals surface area contributed by atoms with Crippen molar-refractivity contribution >= 4 is 11.9 Å². The van der Waals surface area contributed by atoms with Gasteiger partial charge >= 0.3 is 5.97 Å². The largest absolute Gasteiger partial charge is 0.478 e. The molecule has 0 radical (unpaired) electrons. The van der Waals surface area contributed by atoms with Gasteiger partial charge in [0, 0.05) is 18.3 Å². The first-order chi connectivity index (χ1) is 9.56. The van der Waals surface area contributed by atoms with Gasteiger partial charge in [0.25, 0.3) is 5.91 Å². The van der Waals surface area contributed by atoms with Crippen molar-refractivity contribution < 1.29 is 14.7 Å². The normalized spacial score (nSPS) is 10.2. The molecule has 20 heavy (non-hydrogen) atoms. The second-order valence-corrected chi connectivity index (χ2v) is 4.42. The third-order valence-electron chi connectivity index (χ3n) is 2.76. The summed E-state index contributed by atoms with van der Waals surface area (Å²) in [4.78, 5) is 22.7. The molecule has 0 fully saturated rings. The van der Waals surface area contributed by atoms with E-state index in [2.05, 4.69) is 10.4 Å². The van der Waals surface area contributed by atoms with Crippen molar-refractivity contribution in [3.05, 3.63) is 53.3 Å². The highest BCUT2D eigenvalue weighted by molar-refractivity contribution is 5.97. The van der Waals surface area contributed by atoms with Gasteiger partial charge in [-0.15, -0.1) is 0 Å². The molecule has 2 rings (SSSR count). The highest BCUT2D eigenvalue weighted by atomic mass is 16.4. The molecule has 2 N–H and O–H groups in total. The standard InChI is InChI=1S/C14H15N3O3/c1-10-8-16-17(9-10)6-5-15-13(18)11-3-2-4-12(7-11)14(19)20/h2-4,7-9H,5-6H2,1H3,(H,15,18)(H,19,20). The fourth-order valence-electron chi connectivity index (χ4n) is 1.77. The lowest BCUT2D eigenvalue weighted by Crippen LogP contribution is -2.27. The third kappa shape index (κ3) is 3.44. The average Bonchev–Trinajstić information content (AvgIpc) is 2.84. The van der Waals surface area contributed by atoms with Crippen molar-refractivity contribution in [2.24, 2.45) is 0 Å². The highest BCUT2D eigenvalue weighted by Crippen LogP contribution is 2.05. The van der Waals surface area contributed by atoms with Crippen molar-refractivity contribution in [1.82, 2.24) is 15.1 Å². The number of rotatable bonds is 5. The Hall–Kier alpha value is -2.63. The molecule has 0 bridgehead atoms. The maximum absolute atomic E-state index is 11.9. The van der Waals surface area contributed by atoms with E-state index in [9.17, 15) is 9.59 Å². The minimum Gasteiger partial charge on any atom is -0.478 e. The lowest BCUT2D eigenvalue weighted by atomic mass is 10.1. The van der Waals surface area contributed by atoms with Gasteiger partial charge in [-0.25, -0.2) is 4.79 Å². The number of carbonyl (C=O) groups excluding carboxylic acids is 1. The molecule has 0 saturated heterocycles. The summed E-state index contributed by atoms with van der Waals surface area (Å²) in [5.74, 6) is -1.34. The number of carboxylic acids is 1. The molecule has 0 aliphatic carbocycles. The van der Waals surface area contributed by atoms with Crippen molar-refractivity contribution in [3.8, 4) is 0 Å². The van der Waals surface area contributed by atoms with Crippen LogP contribution in [0.25, 0.3) is 0 Å². The monoisotopic (exact) mass is 273 g/mol. The molecule has 0 aliphatic heterocycles. The average molecular weight is 273 g/mol. The predicted octanol–water partition coefficient (Wildman–Crippen LogP) is 1.32. The van der Waals surface area contributed by atoms with Crippen LogP contribution in [-0.2, 0) is 6.54 Å². The van der Waals surface area contributed by atoms with Gasteiger partial charge in [0.15, 0.2) is 0 Å². The topological polar surface area (TPSA) is 84.2 Å². The third-order valence-corrected chi connectivity index (χ3v) is 2.76. The number of amides is 1. The molecule has 0 saturated carbocycles. The first-order valence-corrected chi connectivity index (χ1v) is 6.17. The SMILES string of the molecule is Cc1cnn(CCNC(=O)c2cccc(C(=O)O)c2)c1. The van der Waals surface area contributed by atoms with Gasteiger partial charge in [0.2, 0.25) is 0 Å². The van der Waals surface area contributed by atoms with Gasteiger partial charge in [-0.1, -0.05) is 6.07 Å². The molecule has 0 spiro atoms. The summed E-state index contributed by atoms with van der Waals surface area (Å²) in [6.07, 6.45) is 3.63. The first kappa shape index (κ1) is 13.8. The van der Waals surface area contributed by atoms with Gasteiger partial charge in [-0.2, -0.15) is 5.10 Å². The van der Waals surface area contributed by atoms with Crippen LogP contribution in [0.3, 0.4) is 0 Å². The number of benzene rings is 1. The van der Waals surface area contributed by atoms with E-state index < -0.39 is 5.97 Å². The summed E-state index contributed by atoms with van der Waals surface area (Å²) in [6.45, 7) is 2.94. The van der Waals surface area contributed by atoms with Crippen molar-refractivity contribution in [2.75, 3.05) is 6.54 Å². The van der Waals surface area contributed by atoms with Crippen LogP contribution >= 0.6 is 0 Å². The fraction of sp³-hybridized carbons (Fsp3) is 0.214. The fourth-order valence-corrected chi connectivity index (χ4v) is 1.77. The summed E-state index contributed by atoms with van der Waals surface area (Å²) in [5.41, 5.74) is 1.49. The van der Waals surface area contributed by atoms with Gasteiger partial charge in [-0.05, 0) is 30.7 Å². The minimum atomic E-state index is -1.05. The number of aromatic nitrogens is 2. The Labute approximate surface area is 116 Å². The summed E-state index contributed by atoms with van der Waals surface area (Å²) in [5, 5.41) is 15.7. The maximum atomic E-state index is 11.9. The number of aromatic carboxylic acids is 1. The van der Waals surface area contributed by atoms with E-state index in [1.165, 1.54) is 12.1 Å². The highest BCUT2D eigenvalue weighted by Gasteiger charge is 2.08. The Balaban J connectivity index is 1.91. The van der Waals surface area contributed by atoms with Crippen molar-refractivity contribution in [2.45, 2.75) is 13.5 Å². The van der Waals surface area contributed by atoms with E-state index in [4.69, 9.17) is 5.11 Å². The number of nitrogens with zero attached hydrogens (tertiary/aromatic N) is 2. The Morgan fingerprint density at radius 1 is 1.35 bits per heavy atom. The van der Waals surface area contributed by atoms with Gasteiger partial charge in [0.05, 0.1) is 18.3 Å². The van der Waals surface area contributed by atoms with E-state index in [-0.39, 0.29) is 11.5 Å². The predicted molar refractivity (Wildman–Crippen MR) is 72.7 cm³/mol. The zero-order valence-corrected chi connectivity index (χ0v) is 11.0. The smallest absolute Gasteiger partial charge is 0.335 e. The number of hydrogen-bond acceptors (Lipinski definition) is 3. The zero-order chi connectivity index (χ0) is 14.5. The molecule has 0 aliphatic rings. The molecular weight excluding hydrogens is 258 g/mol. The summed E-state index contributed by atoms with van der Waals surface area (Å²) in [7, 11) is 0. The van der Waals surface area contributed by atoms with Crippen LogP contribution in [0.5, 0.6) is 0 Å². The molecule has 104 valence electrons. The van der Waals surface area contributed by atoms with Crippen LogP contribution in [0.1, 0.15) is 26.3 Å². The van der Waals surface area contributed by atoms with Gasteiger partial charge in [0.1, 0.15) is 0 Å². The summed E-state index contributed by atoms with van der Waals surface area (Å²) in [6, 6.07) is 5.94. The molecule has 6 heteroatoms. The summed E-state index contributed by atoms with van der Waals surface area (Å²) >= 11 is 0. The number of nitrogens with one attached hydrogen (secondary N) is 1. The number of carbonyl (C=O) groups is 2. The molecule has 1 aromatic heterocycles. The quantitative estimate of drug-likeness (QED) is 0.860. The van der Waals surface area contributed by atoms with E-state index in [1.54, 1.807) is 23.0 Å². The molecule has 0 atom stereocenters. The van der Waals surface area contributed by atoms with Crippen LogP contribution in [0.2, 0.25) is 0 Å². The lowest BCUT2D eigenvalue weighted by molar-refractivity contribution is 0.0697. The Morgan fingerprint density at radius 2 is 2.10 bits per heavy atom. The number of carboxylic acid groups (broad SMARTS) is 1. The zero-order valence-electron chi connectivity index (χ0n) is 11.0. The molecule has 1 heterocycles. The van der Waals surface area contributed by atoms with E-state index >= 15 is 0 Å². The Bertz CT molecular complexity index is 634. The maximum Gasteiger partial charge on any atom is 0.335 e. The molecule has 6 nitrogen and oxygen atoms in total. The van der Waals surface area contributed by atoms with Gasteiger partial charge < -0.3 is 10.4 Å². The van der Waals surface area contributed by atoms with Crippen LogP contribution in [0.4, 0.5) is 0 Å².